The first-order valence-electron chi connectivity index (χ1n) is 7.66. The Labute approximate surface area is 132 Å². The summed E-state index contributed by atoms with van der Waals surface area (Å²) in [5.41, 5.74) is 7.44. The van der Waals surface area contributed by atoms with Gasteiger partial charge in [-0.05, 0) is 37.1 Å². The average Bonchev–Trinajstić information content (AvgIpc) is 2.49. The molecule has 2 N–H and O–H groups in total. The maximum Gasteiger partial charge on any atom is 0.0462 e. The Kier molecular flexibility index (Phi) is 6.77. The normalized spacial score (nSPS) is 18.0. The first-order valence-corrected chi connectivity index (χ1v) is 8.04. The van der Waals surface area contributed by atoms with E-state index in [0.29, 0.717) is 0 Å². The molecule has 0 radical (unpaired) electrons. The molecule has 1 aromatic rings. The third-order valence-electron chi connectivity index (χ3n) is 3.98. The lowest BCUT2D eigenvalue weighted by molar-refractivity contribution is 0.183. The second-order valence-corrected chi connectivity index (χ2v) is 6.10. The summed E-state index contributed by atoms with van der Waals surface area (Å²) in [6.45, 7) is 6.02. The van der Waals surface area contributed by atoms with Crippen LogP contribution in [0.4, 0.5) is 5.69 Å². The molecule has 1 saturated heterocycles. The fourth-order valence-electron chi connectivity index (χ4n) is 2.75. The number of hydrogen-bond acceptors (Lipinski definition) is 4. The molecule has 1 aliphatic rings. The minimum absolute atomic E-state index is 0.252. The van der Waals surface area contributed by atoms with Crippen molar-refractivity contribution in [1.82, 2.24) is 4.90 Å². The first-order chi connectivity index (χ1) is 10.2. The van der Waals surface area contributed by atoms with Crippen molar-refractivity contribution in [3.8, 4) is 0 Å². The van der Waals surface area contributed by atoms with Crippen molar-refractivity contribution in [2.75, 3.05) is 51.3 Å². The first kappa shape index (κ1) is 16.6. The Hall–Kier alpha value is -0.810. The van der Waals surface area contributed by atoms with Gasteiger partial charge in [0.1, 0.15) is 0 Å². The number of benzene rings is 1. The predicted octanol–water partition coefficient (Wildman–Crippen LogP) is 2.22. The molecule has 1 unspecified atom stereocenters. The van der Waals surface area contributed by atoms with Gasteiger partial charge >= 0.3 is 0 Å². The van der Waals surface area contributed by atoms with Gasteiger partial charge in [0.05, 0.1) is 0 Å². The van der Waals surface area contributed by atoms with Crippen molar-refractivity contribution in [2.24, 2.45) is 5.73 Å². The van der Waals surface area contributed by atoms with Gasteiger partial charge in [0, 0.05) is 63.2 Å². The second-order valence-electron chi connectivity index (χ2n) is 5.66. The maximum atomic E-state index is 6.18. The highest BCUT2D eigenvalue weighted by molar-refractivity contribution is 6.30. The number of methoxy groups -OCH3 is 1. The molecule has 0 spiro atoms. The summed E-state index contributed by atoms with van der Waals surface area (Å²) in [5, 5.41) is 0.791. The number of piperazine rings is 1. The van der Waals surface area contributed by atoms with E-state index in [1.165, 1.54) is 5.69 Å². The Morgan fingerprint density at radius 2 is 1.86 bits per heavy atom. The molecule has 21 heavy (non-hydrogen) atoms. The average molecular weight is 312 g/mol. The number of hydrogen-bond donors (Lipinski definition) is 1. The zero-order valence-electron chi connectivity index (χ0n) is 12.8. The van der Waals surface area contributed by atoms with Crippen LogP contribution < -0.4 is 10.6 Å². The van der Waals surface area contributed by atoms with E-state index >= 15 is 0 Å². The van der Waals surface area contributed by atoms with Crippen molar-refractivity contribution in [3.05, 3.63) is 29.3 Å². The van der Waals surface area contributed by atoms with Gasteiger partial charge in [0.15, 0.2) is 0 Å². The van der Waals surface area contributed by atoms with Crippen LogP contribution in [0.15, 0.2) is 24.3 Å². The van der Waals surface area contributed by atoms with Gasteiger partial charge in [-0.2, -0.15) is 0 Å². The highest BCUT2D eigenvalue weighted by Gasteiger charge is 2.18. The van der Waals surface area contributed by atoms with Crippen LogP contribution in [0, 0.1) is 0 Å². The SMILES string of the molecule is COCCCC(N)CN1CCN(c2ccc(Cl)cc2)CC1. The van der Waals surface area contributed by atoms with Gasteiger partial charge in [0.2, 0.25) is 0 Å². The molecule has 0 saturated carbocycles. The third kappa shape index (κ3) is 5.47. The summed E-state index contributed by atoms with van der Waals surface area (Å²) < 4.78 is 5.07. The zero-order chi connectivity index (χ0) is 15.1. The third-order valence-corrected chi connectivity index (χ3v) is 4.23. The summed E-state index contributed by atoms with van der Waals surface area (Å²) in [7, 11) is 1.74. The summed E-state index contributed by atoms with van der Waals surface area (Å²) >= 11 is 5.93. The largest absolute Gasteiger partial charge is 0.385 e. The second kappa shape index (κ2) is 8.59. The molecule has 1 fully saturated rings. The van der Waals surface area contributed by atoms with Gasteiger partial charge in [0.25, 0.3) is 0 Å². The predicted molar refractivity (Wildman–Crippen MR) is 89.2 cm³/mol. The van der Waals surface area contributed by atoms with Gasteiger partial charge < -0.3 is 15.4 Å². The van der Waals surface area contributed by atoms with Gasteiger partial charge in [-0.3, -0.25) is 4.90 Å². The number of halogens is 1. The molecule has 0 amide bonds. The van der Waals surface area contributed by atoms with E-state index in [0.717, 1.165) is 57.2 Å². The summed E-state index contributed by atoms with van der Waals surface area (Å²) in [6, 6.07) is 8.34. The van der Waals surface area contributed by atoms with Crippen LogP contribution in [0.1, 0.15) is 12.8 Å². The van der Waals surface area contributed by atoms with Crippen LogP contribution in [0.2, 0.25) is 5.02 Å². The van der Waals surface area contributed by atoms with Crippen molar-refractivity contribution in [3.63, 3.8) is 0 Å². The molecular formula is C16H26ClN3O. The van der Waals surface area contributed by atoms with Gasteiger partial charge in [-0.1, -0.05) is 11.6 Å². The van der Waals surface area contributed by atoms with E-state index < -0.39 is 0 Å². The standard InChI is InChI=1S/C16H26ClN3O/c1-21-12-2-3-15(18)13-19-8-10-20(11-9-19)16-6-4-14(17)5-7-16/h4-7,15H,2-3,8-13,18H2,1H3. The van der Waals surface area contributed by atoms with Crippen LogP contribution in [0.3, 0.4) is 0 Å². The van der Waals surface area contributed by atoms with E-state index in [-0.39, 0.29) is 6.04 Å². The Bertz CT molecular complexity index is 404. The van der Waals surface area contributed by atoms with Gasteiger partial charge in [-0.25, -0.2) is 0 Å². The minimum Gasteiger partial charge on any atom is -0.385 e. The Balaban J connectivity index is 1.71. The molecule has 0 aromatic heterocycles. The van der Waals surface area contributed by atoms with E-state index in [2.05, 4.69) is 21.9 Å². The number of nitrogens with zero attached hydrogens (tertiary/aromatic N) is 2. The molecule has 2 rings (SSSR count). The summed E-state index contributed by atoms with van der Waals surface area (Å²) in [4.78, 5) is 4.87. The Morgan fingerprint density at radius 1 is 1.19 bits per heavy atom. The zero-order valence-corrected chi connectivity index (χ0v) is 13.6. The number of ether oxygens (including phenoxy) is 1. The highest BCUT2D eigenvalue weighted by atomic mass is 35.5. The number of rotatable bonds is 7. The van der Waals surface area contributed by atoms with E-state index in [4.69, 9.17) is 22.1 Å². The van der Waals surface area contributed by atoms with E-state index in [9.17, 15) is 0 Å². The molecule has 118 valence electrons. The smallest absolute Gasteiger partial charge is 0.0462 e. The van der Waals surface area contributed by atoms with Crippen LogP contribution >= 0.6 is 11.6 Å². The fraction of sp³-hybridized carbons (Fsp3) is 0.625. The highest BCUT2D eigenvalue weighted by Crippen LogP contribution is 2.19. The maximum absolute atomic E-state index is 6.18. The number of nitrogens with two attached hydrogens (primary N) is 1. The quantitative estimate of drug-likeness (QED) is 0.784. The van der Waals surface area contributed by atoms with Gasteiger partial charge in [-0.15, -0.1) is 0 Å². The van der Waals surface area contributed by atoms with Crippen molar-refractivity contribution in [1.29, 1.82) is 0 Å². The summed E-state index contributed by atoms with van der Waals surface area (Å²) in [5.74, 6) is 0. The van der Waals surface area contributed by atoms with Crippen LogP contribution in [0.5, 0.6) is 0 Å². The van der Waals surface area contributed by atoms with E-state index in [1.807, 2.05) is 12.1 Å². The molecule has 1 aromatic carbocycles. The lowest BCUT2D eigenvalue weighted by Gasteiger charge is -2.37. The lowest BCUT2D eigenvalue weighted by atomic mass is 10.1. The van der Waals surface area contributed by atoms with Crippen molar-refractivity contribution < 1.29 is 4.74 Å². The lowest BCUT2D eigenvalue weighted by Crippen LogP contribution is -2.49. The molecule has 1 aliphatic heterocycles. The Morgan fingerprint density at radius 3 is 2.48 bits per heavy atom. The molecule has 5 heteroatoms. The van der Waals surface area contributed by atoms with Crippen molar-refractivity contribution >= 4 is 17.3 Å². The number of anilines is 1. The van der Waals surface area contributed by atoms with E-state index in [1.54, 1.807) is 7.11 Å². The molecule has 1 atom stereocenters. The fourth-order valence-corrected chi connectivity index (χ4v) is 2.88. The van der Waals surface area contributed by atoms with Crippen LogP contribution in [0.25, 0.3) is 0 Å². The topological polar surface area (TPSA) is 41.7 Å². The molecular weight excluding hydrogens is 286 g/mol. The molecule has 1 heterocycles. The summed E-state index contributed by atoms with van der Waals surface area (Å²) in [6.07, 6.45) is 2.08. The monoisotopic (exact) mass is 311 g/mol. The molecule has 4 nitrogen and oxygen atoms in total. The van der Waals surface area contributed by atoms with Crippen LogP contribution in [-0.2, 0) is 4.74 Å². The minimum atomic E-state index is 0.252. The molecule has 0 bridgehead atoms. The molecule has 0 aliphatic carbocycles. The van der Waals surface area contributed by atoms with Crippen molar-refractivity contribution in [2.45, 2.75) is 18.9 Å². The van der Waals surface area contributed by atoms with Crippen LogP contribution in [-0.4, -0.2) is 57.4 Å².